The van der Waals surface area contributed by atoms with Crippen LogP contribution in [0.5, 0.6) is 11.5 Å². The first-order chi connectivity index (χ1) is 22.9. The zero-order valence-corrected chi connectivity index (χ0v) is 29.0. The SMILES string of the molecule is Cc1ccc(OCCCNC(=O)c2cc(C(=O)NCCCOc3ccc(C)cc3C)cc(-c3nc4cc(C(C)(C)C)[nH]n4n3)c2)c(C)c1. The number of nitrogens with one attached hydrogen (secondary N) is 3. The minimum Gasteiger partial charge on any atom is -0.493 e. The number of H-pyrrole nitrogens is 1. The topological polar surface area (TPSA) is 123 Å². The summed E-state index contributed by atoms with van der Waals surface area (Å²) in [4.78, 5) is 31.4. The van der Waals surface area contributed by atoms with E-state index in [4.69, 9.17) is 14.5 Å². The highest BCUT2D eigenvalue weighted by Gasteiger charge is 2.20. The van der Waals surface area contributed by atoms with E-state index in [0.717, 1.165) is 28.3 Å². The summed E-state index contributed by atoms with van der Waals surface area (Å²) in [5, 5.41) is 13.8. The van der Waals surface area contributed by atoms with Gasteiger partial charge in [0.15, 0.2) is 11.5 Å². The minimum absolute atomic E-state index is 0.0974. The van der Waals surface area contributed by atoms with Crippen LogP contribution in [0, 0.1) is 27.7 Å². The van der Waals surface area contributed by atoms with E-state index in [-0.39, 0.29) is 17.2 Å². The molecule has 2 heterocycles. The predicted molar refractivity (Wildman–Crippen MR) is 188 cm³/mol. The van der Waals surface area contributed by atoms with Gasteiger partial charge in [-0.2, -0.15) is 4.63 Å². The van der Waals surface area contributed by atoms with Crippen LogP contribution in [0.2, 0.25) is 0 Å². The average molecular weight is 651 g/mol. The van der Waals surface area contributed by atoms with E-state index in [1.165, 1.54) is 11.1 Å². The van der Waals surface area contributed by atoms with Gasteiger partial charge in [0, 0.05) is 47.0 Å². The van der Waals surface area contributed by atoms with Crippen molar-refractivity contribution in [1.82, 2.24) is 30.4 Å². The van der Waals surface area contributed by atoms with Gasteiger partial charge in [-0.25, -0.2) is 4.98 Å². The Morgan fingerprint density at radius 3 is 1.73 bits per heavy atom. The molecule has 10 nitrogen and oxygen atoms in total. The molecule has 2 amide bonds. The molecule has 252 valence electrons. The smallest absolute Gasteiger partial charge is 0.251 e. The molecule has 0 fully saturated rings. The van der Waals surface area contributed by atoms with Crippen molar-refractivity contribution in [2.24, 2.45) is 0 Å². The van der Waals surface area contributed by atoms with Gasteiger partial charge >= 0.3 is 0 Å². The Hall–Kier alpha value is -5.12. The Morgan fingerprint density at radius 2 is 1.27 bits per heavy atom. The molecule has 5 aromatic rings. The molecule has 0 radical (unpaired) electrons. The van der Waals surface area contributed by atoms with Gasteiger partial charge in [0.2, 0.25) is 0 Å². The number of fused-ring (bicyclic) bond motifs is 1. The summed E-state index contributed by atoms with van der Waals surface area (Å²) >= 11 is 0. The highest BCUT2D eigenvalue weighted by molar-refractivity contribution is 6.01. The number of ether oxygens (including phenoxy) is 2. The highest BCUT2D eigenvalue weighted by atomic mass is 16.5. The van der Waals surface area contributed by atoms with Crippen molar-refractivity contribution in [1.29, 1.82) is 0 Å². The number of aromatic nitrogens is 4. The van der Waals surface area contributed by atoms with Crippen LogP contribution >= 0.6 is 0 Å². The van der Waals surface area contributed by atoms with Gasteiger partial charge < -0.3 is 20.1 Å². The van der Waals surface area contributed by atoms with Crippen molar-refractivity contribution >= 4 is 17.5 Å². The van der Waals surface area contributed by atoms with Crippen LogP contribution in [0.3, 0.4) is 0 Å². The first-order valence-corrected chi connectivity index (χ1v) is 16.5. The maximum absolute atomic E-state index is 13.3. The third kappa shape index (κ3) is 8.61. The number of aromatic amines is 1. The summed E-state index contributed by atoms with van der Waals surface area (Å²) in [7, 11) is 0. The van der Waals surface area contributed by atoms with E-state index in [1.54, 1.807) is 22.8 Å². The summed E-state index contributed by atoms with van der Waals surface area (Å²) in [6.45, 7) is 16.2. The second-order valence-electron chi connectivity index (χ2n) is 13.4. The number of nitrogens with zero attached hydrogens (tertiary/aromatic N) is 3. The number of benzene rings is 3. The molecule has 0 saturated carbocycles. The lowest BCUT2D eigenvalue weighted by molar-refractivity contribution is 0.0950. The minimum atomic E-state index is -0.293. The van der Waals surface area contributed by atoms with Crippen molar-refractivity contribution in [3.05, 3.63) is 99.7 Å². The number of hydrogen-bond donors (Lipinski definition) is 3. The summed E-state index contributed by atoms with van der Waals surface area (Å²) in [6.07, 6.45) is 1.25. The molecular formula is C38H46N6O4. The lowest BCUT2D eigenvalue weighted by Crippen LogP contribution is -2.28. The third-order valence-electron chi connectivity index (χ3n) is 8.04. The van der Waals surface area contributed by atoms with E-state index in [2.05, 4.69) is 53.7 Å². The summed E-state index contributed by atoms with van der Waals surface area (Å²) in [5.74, 6) is 1.50. The molecule has 0 atom stereocenters. The maximum Gasteiger partial charge on any atom is 0.251 e. The zero-order chi connectivity index (χ0) is 34.4. The van der Waals surface area contributed by atoms with Gasteiger partial charge in [0.25, 0.3) is 11.8 Å². The molecule has 48 heavy (non-hydrogen) atoms. The standard InChI is InChI=1S/C38H46N6O4/c1-24-10-12-31(26(3)18-24)47-16-8-14-39-36(45)29-20-28(35-41-34-23-33(38(5,6)7)42-44(34)43-35)21-30(22-29)37(46)40-15-9-17-48-32-13-11-25(2)19-27(32)4/h10-13,18-23,42H,8-9,14-17H2,1-7H3,(H,39,45)(H,40,46). The fraction of sp³-hybridized carbons (Fsp3) is 0.368. The summed E-state index contributed by atoms with van der Waals surface area (Å²) in [5.41, 5.74) is 7.34. The normalized spacial score (nSPS) is 11.5. The second-order valence-corrected chi connectivity index (χ2v) is 13.4. The van der Waals surface area contributed by atoms with Gasteiger partial charge in [0.05, 0.1) is 13.2 Å². The fourth-order valence-electron chi connectivity index (χ4n) is 5.34. The Bertz CT molecular complexity index is 1790. The lowest BCUT2D eigenvalue weighted by Gasteiger charge is -2.14. The quantitative estimate of drug-likeness (QED) is 0.123. The average Bonchev–Trinajstić information content (AvgIpc) is 3.63. The molecule has 5 rings (SSSR count). The maximum atomic E-state index is 13.3. The van der Waals surface area contributed by atoms with Crippen LogP contribution in [-0.2, 0) is 5.41 Å². The molecule has 10 heteroatoms. The molecular weight excluding hydrogens is 604 g/mol. The molecule has 0 bridgehead atoms. The van der Waals surface area contributed by atoms with Gasteiger partial charge in [-0.05, 0) is 82.0 Å². The Morgan fingerprint density at radius 1 is 0.750 bits per heavy atom. The number of aryl methyl sites for hydroxylation is 4. The fourth-order valence-corrected chi connectivity index (χ4v) is 5.34. The molecule has 2 aromatic heterocycles. The van der Waals surface area contributed by atoms with Gasteiger partial charge in [-0.1, -0.05) is 56.2 Å². The van der Waals surface area contributed by atoms with E-state index in [1.807, 2.05) is 58.0 Å². The highest BCUT2D eigenvalue weighted by Crippen LogP contribution is 2.25. The van der Waals surface area contributed by atoms with Crippen molar-refractivity contribution in [2.75, 3.05) is 26.3 Å². The van der Waals surface area contributed by atoms with Crippen molar-refractivity contribution in [3.63, 3.8) is 0 Å². The Balaban J connectivity index is 1.25. The van der Waals surface area contributed by atoms with Gasteiger partial charge in [-0.15, -0.1) is 5.10 Å². The molecule has 0 unspecified atom stereocenters. The van der Waals surface area contributed by atoms with Crippen LogP contribution in [0.15, 0.2) is 60.7 Å². The summed E-state index contributed by atoms with van der Waals surface area (Å²) in [6, 6.07) is 19.1. The van der Waals surface area contributed by atoms with Gasteiger partial charge in [0.1, 0.15) is 11.5 Å². The number of rotatable bonds is 13. The second kappa shape index (κ2) is 14.8. The largest absolute Gasteiger partial charge is 0.493 e. The predicted octanol–water partition coefficient (Wildman–Crippen LogP) is 6.65. The van der Waals surface area contributed by atoms with E-state index in [9.17, 15) is 9.59 Å². The first-order valence-electron chi connectivity index (χ1n) is 16.5. The third-order valence-corrected chi connectivity index (χ3v) is 8.04. The van der Waals surface area contributed by atoms with Crippen molar-refractivity contribution in [2.45, 2.75) is 66.7 Å². The monoisotopic (exact) mass is 650 g/mol. The number of hydrogen-bond acceptors (Lipinski definition) is 6. The van der Waals surface area contributed by atoms with Crippen LogP contribution in [0.25, 0.3) is 17.0 Å². The van der Waals surface area contributed by atoms with Gasteiger partial charge in [-0.3, -0.25) is 14.7 Å². The first kappa shape index (κ1) is 34.2. The number of amides is 2. The Labute approximate surface area is 282 Å². The Kier molecular flexibility index (Phi) is 10.5. The van der Waals surface area contributed by atoms with Crippen LogP contribution in [-0.4, -0.2) is 57.9 Å². The van der Waals surface area contributed by atoms with E-state index < -0.39 is 0 Å². The lowest BCUT2D eigenvalue weighted by atomic mass is 9.93. The van der Waals surface area contributed by atoms with Crippen LogP contribution in [0.1, 0.15) is 82.3 Å². The summed E-state index contributed by atoms with van der Waals surface area (Å²) < 4.78 is 13.4. The molecule has 3 aromatic carbocycles. The number of carbonyl (C=O) groups excluding carboxylic acids is 2. The van der Waals surface area contributed by atoms with Crippen LogP contribution in [0.4, 0.5) is 0 Å². The van der Waals surface area contributed by atoms with Crippen LogP contribution < -0.4 is 20.1 Å². The van der Waals surface area contributed by atoms with Crippen molar-refractivity contribution < 1.29 is 19.1 Å². The molecule has 0 spiro atoms. The molecule has 0 aliphatic rings. The molecule has 0 saturated heterocycles. The van der Waals surface area contributed by atoms with E-state index in [0.29, 0.717) is 67.3 Å². The molecule has 0 aliphatic heterocycles. The number of carbonyl (C=O) groups is 2. The zero-order valence-electron chi connectivity index (χ0n) is 29.0. The molecule has 0 aliphatic carbocycles. The molecule has 3 N–H and O–H groups in total. The van der Waals surface area contributed by atoms with E-state index >= 15 is 0 Å². The van der Waals surface area contributed by atoms with Crippen molar-refractivity contribution in [3.8, 4) is 22.9 Å².